The van der Waals surface area contributed by atoms with E-state index in [0.29, 0.717) is 16.4 Å². The number of halogens is 1. The molecule has 0 bridgehead atoms. The number of benzene rings is 2. The number of aryl methyl sites for hydroxylation is 1. The largest absolute Gasteiger partial charge is 0.349 e. The number of amides is 3. The molecule has 0 aromatic heterocycles. The third-order valence-corrected chi connectivity index (χ3v) is 4.14. The smallest absolute Gasteiger partial charge is 0.226 e. The zero-order valence-corrected chi connectivity index (χ0v) is 16.2. The van der Waals surface area contributed by atoms with Crippen molar-refractivity contribution in [1.29, 1.82) is 0 Å². The Morgan fingerprint density at radius 3 is 2.22 bits per heavy atom. The van der Waals surface area contributed by atoms with Crippen molar-refractivity contribution in [1.82, 2.24) is 5.32 Å². The fraction of sp³-hybridized carbons (Fsp3) is 0.250. The molecule has 2 aromatic rings. The first kappa shape index (κ1) is 20.5. The van der Waals surface area contributed by atoms with E-state index < -0.39 is 6.04 Å². The van der Waals surface area contributed by atoms with Gasteiger partial charge in [0.05, 0.1) is 23.2 Å². The SMILES string of the molecule is CC(=O)Nc1cc(NC(=O)CC(NC(C)=O)c2ccc(C)cc2)ccc1Cl. The van der Waals surface area contributed by atoms with Gasteiger partial charge in [0.1, 0.15) is 0 Å². The molecule has 27 heavy (non-hydrogen) atoms. The highest BCUT2D eigenvalue weighted by atomic mass is 35.5. The molecule has 7 heteroatoms. The lowest BCUT2D eigenvalue weighted by Gasteiger charge is -2.18. The van der Waals surface area contributed by atoms with Crippen LogP contribution >= 0.6 is 11.6 Å². The fourth-order valence-corrected chi connectivity index (χ4v) is 2.75. The third kappa shape index (κ3) is 6.42. The predicted molar refractivity (Wildman–Crippen MR) is 107 cm³/mol. The van der Waals surface area contributed by atoms with Crippen molar-refractivity contribution in [3.63, 3.8) is 0 Å². The van der Waals surface area contributed by atoms with Gasteiger partial charge in [-0.25, -0.2) is 0 Å². The molecule has 0 fully saturated rings. The first-order chi connectivity index (χ1) is 12.7. The molecule has 0 aliphatic carbocycles. The number of anilines is 2. The lowest BCUT2D eigenvalue weighted by molar-refractivity contribution is -0.120. The Bertz CT molecular complexity index is 850. The minimum Gasteiger partial charge on any atom is -0.349 e. The molecule has 1 atom stereocenters. The van der Waals surface area contributed by atoms with Crippen LogP contribution in [0.15, 0.2) is 42.5 Å². The highest BCUT2D eigenvalue weighted by Crippen LogP contribution is 2.26. The normalized spacial score (nSPS) is 11.4. The molecule has 2 aromatic carbocycles. The average Bonchev–Trinajstić information content (AvgIpc) is 2.57. The Labute approximate surface area is 163 Å². The van der Waals surface area contributed by atoms with Crippen molar-refractivity contribution < 1.29 is 14.4 Å². The van der Waals surface area contributed by atoms with Crippen molar-refractivity contribution in [3.8, 4) is 0 Å². The van der Waals surface area contributed by atoms with Crippen LogP contribution in [0.25, 0.3) is 0 Å². The van der Waals surface area contributed by atoms with Crippen LogP contribution in [0.4, 0.5) is 11.4 Å². The van der Waals surface area contributed by atoms with Crippen LogP contribution in [0.2, 0.25) is 5.02 Å². The predicted octanol–water partition coefficient (Wildman–Crippen LogP) is 3.81. The van der Waals surface area contributed by atoms with Crippen LogP contribution in [0.1, 0.15) is 37.4 Å². The van der Waals surface area contributed by atoms with E-state index in [-0.39, 0.29) is 24.1 Å². The maximum Gasteiger partial charge on any atom is 0.226 e. The maximum atomic E-state index is 12.5. The van der Waals surface area contributed by atoms with E-state index in [9.17, 15) is 14.4 Å². The second-order valence-electron chi connectivity index (χ2n) is 6.29. The molecule has 0 saturated heterocycles. The van der Waals surface area contributed by atoms with Crippen LogP contribution in [-0.4, -0.2) is 17.7 Å². The quantitative estimate of drug-likeness (QED) is 0.704. The number of nitrogens with one attached hydrogen (secondary N) is 3. The Morgan fingerprint density at radius 1 is 0.963 bits per heavy atom. The maximum absolute atomic E-state index is 12.5. The summed E-state index contributed by atoms with van der Waals surface area (Å²) in [6.45, 7) is 4.76. The molecule has 6 nitrogen and oxygen atoms in total. The minimum atomic E-state index is -0.440. The topological polar surface area (TPSA) is 87.3 Å². The van der Waals surface area contributed by atoms with E-state index >= 15 is 0 Å². The van der Waals surface area contributed by atoms with E-state index in [0.717, 1.165) is 11.1 Å². The van der Waals surface area contributed by atoms with Crippen LogP contribution in [0.3, 0.4) is 0 Å². The summed E-state index contributed by atoms with van der Waals surface area (Å²) in [5, 5.41) is 8.55. The zero-order valence-electron chi connectivity index (χ0n) is 15.4. The first-order valence-corrected chi connectivity index (χ1v) is 8.83. The summed E-state index contributed by atoms with van der Waals surface area (Å²) in [6.07, 6.45) is 0.0702. The summed E-state index contributed by atoms with van der Waals surface area (Å²) in [6, 6.07) is 12.0. The Morgan fingerprint density at radius 2 is 1.63 bits per heavy atom. The second-order valence-corrected chi connectivity index (χ2v) is 6.70. The van der Waals surface area contributed by atoms with E-state index in [1.165, 1.54) is 13.8 Å². The van der Waals surface area contributed by atoms with Gasteiger partial charge in [0.2, 0.25) is 17.7 Å². The van der Waals surface area contributed by atoms with E-state index in [4.69, 9.17) is 11.6 Å². The van der Waals surface area contributed by atoms with Crippen molar-refractivity contribution in [2.24, 2.45) is 0 Å². The third-order valence-electron chi connectivity index (χ3n) is 3.81. The molecule has 0 aliphatic heterocycles. The van der Waals surface area contributed by atoms with Gasteiger partial charge in [-0.15, -0.1) is 0 Å². The van der Waals surface area contributed by atoms with E-state index in [1.807, 2.05) is 31.2 Å². The molecule has 3 amide bonds. The van der Waals surface area contributed by atoms with Gasteiger partial charge in [0.15, 0.2) is 0 Å². The number of rotatable bonds is 6. The van der Waals surface area contributed by atoms with Gasteiger partial charge in [-0.05, 0) is 30.7 Å². The van der Waals surface area contributed by atoms with Crippen molar-refractivity contribution in [2.75, 3.05) is 10.6 Å². The van der Waals surface area contributed by atoms with Gasteiger partial charge >= 0.3 is 0 Å². The summed E-state index contributed by atoms with van der Waals surface area (Å²) < 4.78 is 0. The summed E-state index contributed by atoms with van der Waals surface area (Å²) >= 11 is 6.04. The minimum absolute atomic E-state index is 0.0702. The molecule has 142 valence electrons. The summed E-state index contributed by atoms with van der Waals surface area (Å²) in [5.41, 5.74) is 2.86. The molecule has 1 unspecified atom stereocenters. The number of carbonyl (C=O) groups is 3. The van der Waals surface area contributed by atoms with Gasteiger partial charge in [0.25, 0.3) is 0 Å². The van der Waals surface area contributed by atoms with Gasteiger partial charge in [0, 0.05) is 19.5 Å². The average molecular weight is 388 g/mol. The van der Waals surface area contributed by atoms with E-state index in [2.05, 4.69) is 16.0 Å². The standard InChI is InChI=1S/C20H22ClN3O3/c1-12-4-6-15(7-5-12)18(22-13(2)25)11-20(27)24-16-8-9-17(21)19(10-16)23-14(3)26/h4-10,18H,11H2,1-3H3,(H,22,25)(H,23,26)(H,24,27). The first-order valence-electron chi connectivity index (χ1n) is 8.45. The van der Waals surface area contributed by atoms with Gasteiger partial charge in [-0.2, -0.15) is 0 Å². The van der Waals surface area contributed by atoms with Crippen LogP contribution < -0.4 is 16.0 Å². The number of carbonyl (C=O) groups excluding carboxylic acids is 3. The molecular formula is C20H22ClN3O3. The molecule has 3 N–H and O–H groups in total. The molecule has 0 saturated carbocycles. The Hall–Kier alpha value is -2.86. The summed E-state index contributed by atoms with van der Waals surface area (Å²) in [5.74, 6) is -0.747. The molecule has 2 rings (SSSR count). The van der Waals surface area contributed by atoms with Gasteiger partial charge in [-0.1, -0.05) is 41.4 Å². The molecular weight excluding hydrogens is 366 g/mol. The number of hydrogen-bond acceptors (Lipinski definition) is 3. The van der Waals surface area contributed by atoms with Gasteiger partial charge in [-0.3, -0.25) is 14.4 Å². The fourth-order valence-electron chi connectivity index (χ4n) is 2.58. The van der Waals surface area contributed by atoms with Crippen molar-refractivity contribution >= 4 is 40.7 Å². The molecule has 0 heterocycles. The zero-order chi connectivity index (χ0) is 20.0. The Balaban J connectivity index is 2.12. The van der Waals surface area contributed by atoms with Crippen LogP contribution in [0, 0.1) is 6.92 Å². The summed E-state index contributed by atoms with van der Waals surface area (Å²) in [4.78, 5) is 35.2. The highest BCUT2D eigenvalue weighted by molar-refractivity contribution is 6.33. The Kier molecular flexibility index (Phi) is 6.96. The summed E-state index contributed by atoms with van der Waals surface area (Å²) in [7, 11) is 0. The van der Waals surface area contributed by atoms with Crippen molar-refractivity contribution in [3.05, 3.63) is 58.6 Å². The number of hydrogen-bond donors (Lipinski definition) is 3. The van der Waals surface area contributed by atoms with Crippen LogP contribution in [-0.2, 0) is 14.4 Å². The second kappa shape index (κ2) is 9.19. The monoisotopic (exact) mass is 387 g/mol. The van der Waals surface area contributed by atoms with Crippen molar-refractivity contribution in [2.45, 2.75) is 33.2 Å². The van der Waals surface area contributed by atoms with Gasteiger partial charge < -0.3 is 16.0 Å². The van der Waals surface area contributed by atoms with E-state index in [1.54, 1.807) is 18.2 Å². The molecule has 0 radical (unpaired) electrons. The lowest BCUT2D eigenvalue weighted by Crippen LogP contribution is -2.29. The molecule has 0 aliphatic rings. The van der Waals surface area contributed by atoms with Crippen LogP contribution in [0.5, 0.6) is 0 Å². The molecule has 0 spiro atoms. The highest BCUT2D eigenvalue weighted by Gasteiger charge is 2.17. The lowest BCUT2D eigenvalue weighted by atomic mass is 10.0.